The van der Waals surface area contributed by atoms with Crippen LogP contribution >= 0.6 is 23.1 Å². The van der Waals surface area contributed by atoms with Crippen molar-refractivity contribution in [3.8, 4) is 16.5 Å². The van der Waals surface area contributed by atoms with Crippen molar-refractivity contribution >= 4 is 23.1 Å². The molecule has 0 aliphatic carbocycles. The molecule has 3 heterocycles. The SMILES string of the molecule is Cc1ccc(-n2cnnc2SCc2nc(-c3cccs3)oc2C)c(C)c1. The van der Waals surface area contributed by atoms with E-state index in [1.54, 1.807) is 29.4 Å². The highest BCUT2D eigenvalue weighted by Gasteiger charge is 2.15. The van der Waals surface area contributed by atoms with Gasteiger partial charge in [0.15, 0.2) is 5.16 Å². The summed E-state index contributed by atoms with van der Waals surface area (Å²) >= 11 is 3.24. The molecular weight excluding hydrogens is 364 g/mol. The molecule has 0 fully saturated rings. The zero-order valence-corrected chi connectivity index (χ0v) is 16.4. The Balaban J connectivity index is 1.56. The van der Waals surface area contributed by atoms with Crippen molar-refractivity contribution in [2.24, 2.45) is 0 Å². The number of hydrogen-bond donors (Lipinski definition) is 0. The summed E-state index contributed by atoms with van der Waals surface area (Å²) in [6.45, 7) is 6.15. The van der Waals surface area contributed by atoms with Crippen LogP contribution in [0.1, 0.15) is 22.6 Å². The van der Waals surface area contributed by atoms with Crippen molar-refractivity contribution < 1.29 is 4.42 Å². The third kappa shape index (κ3) is 3.32. The number of benzene rings is 1. The number of thiophene rings is 1. The smallest absolute Gasteiger partial charge is 0.236 e. The summed E-state index contributed by atoms with van der Waals surface area (Å²) in [5.41, 5.74) is 4.48. The molecule has 0 atom stereocenters. The molecule has 0 saturated heterocycles. The van der Waals surface area contributed by atoms with Gasteiger partial charge in [-0.2, -0.15) is 0 Å². The molecular formula is C19H18N4OS2. The van der Waals surface area contributed by atoms with Crippen LogP contribution in [0.15, 0.2) is 51.6 Å². The fourth-order valence-electron chi connectivity index (χ4n) is 2.76. The monoisotopic (exact) mass is 382 g/mol. The number of thioether (sulfide) groups is 1. The molecule has 0 aliphatic heterocycles. The lowest BCUT2D eigenvalue weighted by atomic mass is 10.1. The summed E-state index contributed by atoms with van der Waals surface area (Å²) in [5, 5.41) is 11.2. The zero-order valence-electron chi connectivity index (χ0n) is 14.8. The second kappa shape index (κ2) is 7.09. The van der Waals surface area contributed by atoms with Gasteiger partial charge < -0.3 is 4.42 Å². The van der Waals surface area contributed by atoms with Crippen molar-refractivity contribution in [2.45, 2.75) is 31.7 Å². The molecule has 4 rings (SSSR count). The van der Waals surface area contributed by atoms with E-state index in [2.05, 4.69) is 47.2 Å². The van der Waals surface area contributed by atoms with Gasteiger partial charge in [0.25, 0.3) is 0 Å². The first-order valence-electron chi connectivity index (χ1n) is 8.22. The zero-order chi connectivity index (χ0) is 18.1. The summed E-state index contributed by atoms with van der Waals surface area (Å²) in [4.78, 5) is 5.69. The van der Waals surface area contributed by atoms with Gasteiger partial charge in [0.1, 0.15) is 12.1 Å². The van der Waals surface area contributed by atoms with Gasteiger partial charge in [-0.15, -0.1) is 21.5 Å². The molecule has 3 aromatic heterocycles. The first-order valence-corrected chi connectivity index (χ1v) is 10.1. The van der Waals surface area contributed by atoms with E-state index in [4.69, 9.17) is 4.42 Å². The summed E-state index contributed by atoms with van der Waals surface area (Å²) in [7, 11) is 0. The van der Waals surface area contributed by atoms with E-state index >= 15 is 0 Å². The van der Waals surface area contributed by atoms with Crippen LogP contribution in [0.25, 0.3) is 16.5 Å². The quantitative estimate of drug-likeness (QED) is 0.444. The van der Waals surface area contributed by atoms with Gasteiger partial charge in [-0.05, 0) is 43.8 Å². The lowest BCUT2D eigenvalue weighted by Gasteiger charge is -2.09. The standard InChI is InChI=1S/C19H18N4OS2/c1-12-6-7-16(13(2)9-12)23-11-20-22-19(23)26-10-15-14(3)24-18(21-15)17-5-4-8-25-17/h4-9,11H,10H2,1-3H3. The van der Waals surface area contributed by atoms with Crippen molar-refractivity contribution in [3.05, 3.63) is 64.6 Å². The molecule has 0 amide bonds. The van der Waals surface area contributed by atoms with Crippen molar-refractivity contribution in [2.75, 3.05) is 0 Å². The second-order valence-electron chi connectivity index (χ2n) is 6.06. The molecule has 0 spiro atoms. The normalized spacial score (nSPS) is 11.2. The minimum atomic E-state index is 0.684. The number of oxazole rings is 1. The number of aromatic nitrogens is 4. The Hall–Kier alpha value is -2.38. The van der Waals surface area contributed by atoms with Gasteiger partial charge >= 0.3 is 0 Å². The van der Waals surface area contributed by atoms with Crippen molar-refractivity contribution in [1.29, 1.82) is 0 Å². The lowest BCUT2D eigenvalue weighted by Crippen LogP contribution is -1.98. The number of aryl methyl sites for hydroxylation is 3. The number of nitrogens with zero attached hydrogens (tertiary/aromatic N) is 4. The minimum Gasteiger partial charge on any atom is -0.440 e. The molecule has 0 aliphatic rings. The maximum atomic E-state index is 5.82. The third-order valence-electron chi connectivity index (χ3n) is 4.09. The van der Waals surface area contributed by atoms with Gasteiger partial charge in [0, 0.05) is 5.75 Å². The predicted octanol–water partition coefficient (Wildman–Crippen LogP) is 5.20. The van der Waals surface area contributed by atoms with Crippen LogP contribution in [0.3, 0.4) is 0 Å². The van der Waals surface area contributed by atoms with Gasteiger partial charge in [-0.1, -0.05) is 35.5 Å². The Morgan fingerprint density at radius 3 is 2.85 bits per heavy atom. The maximum absolute atomic E-state index is 5.82. The van der Waals surface area contributed by atoms with E-state index in [0.29, 0.717) is 11.6 Å². The molecule has 26 heavy (non-hydrogen) atoms. The van der Waals surface area contributed by atoms with E-state index in [1.807, 2.05) is 29.0 Å². The highest BCUT2D eigenvalue weighted by Crippen LogP contribution is 2.30. The van der Waals surface area contributed by atoms with Crippen LogP contribution < -0.4 is 0 Å². The maximum Gasteiger partial charge on any atom is 0.236 e. The van der Waals surface area contributed by atoms with Crippen LogP contribution in [0.5, 0.6) is 0 Å². The van der Waals surface area contributed by atoms with Gasteiger partial charge in [-0.3, -0.25) is 4.57 Å². The summed E-state index contributed by atoms with van der Waals surface area (Å²) in [6, 6.07) is 10.4. The first-order chi connectivity index (χ1) is 12.6. The Morgan fingerprint density at radius 1 is 1.19 bits per heavy atom. The average molecular weight is 383 g/mol. The van der Waals surface area contributed by atoms with Crippen LogP contribution in [-0.4, -0.2) is 19.7 Å². The Labute approximate surface area is 160 Å². The highest BCUT2D eigenvalue weighted by atomic mass is 32.2. The Morgan fingerprint density at radius 2 is 2.08 bits per heavy atom. The Bertz CT molecular complexity index is 1030. The molecule has 0 unspecified atom stereocenters. The number of hydrogen-bond acceptors (Lipinski definition) is 6. The van der Waals surface area contributed by atoms with E-state index in [0.717, 1.165) is 27.2 Å². The van der Waals surface area contributed by atoms with Crippen LogP contribution in [0.4, 0.5) is 0 Å². The first kappa shape index (κ1) is 17.1. The molecule has 0 N–H and O–H groups in total. The lowest BCUT2D eigenvalue weighted by molar-refractivity contribution is 0.542. The van der Waals surface area contributed by atoms with Crippen LogP contribution in [0.2, 0.25) is 0 Å². The second-order valence-corrected chi connectivity index (χ2v) is 7.95. The minimum absolute atomic E-state index is 0.684. The summed E-state index contributed by atoms with van der Waals surface area (Å²) in [6.07, 6.45) is 1.76. The molecule has 0 radical (unpaired) electrons. The predicted molar refractivity (Wildman–Crippen MR) is 105 cm³/mol. The molecule has 132 valence electrons. The van der Waals surface area contributed by atoms with Crippen molar-refractivity contribution in [1.82, 2.24) is 19.7 Å². The van der Waals surface area contributed by atoms with Gasteiger partial charge in [-0.25, -0.2) is 4.98 Å². The topological polar surface area (TPSA) is 56.7 Å². The van der Waals surface area contributed by atoms with Crippen LogP contribution in [-0.2, 0) is 5.75 Å². The fourth-order valence-corrected chi connectivity index (χ4v) is 4.34. The largest absolute Gasteiger partial charge is 0.440 e. The van der Waals surface area contributed by atoms with E-state index in [-0.39, 0.29) is 0 Å². The third-order valence-corrected chi connectivity index (χ3v) is 5.90. The summed E-state index contributed by atoms with van der Waals surface area (Å²) in [5.74, 6) is 2.21. The van der Waals surface area contributed by atoms with E-state index in [9.17, 15) is 0 Å². The summed E-state index contributed by atoms with van der Waals surface area (Å²) < 4.78 is 7.84. The molecule has 0 saturated carbocycles. The molecule has 1 aromatic carbocycles. The fraction of sp³-hybridized carbons (Fsp3) is 0.211. The van der Waals surface area contributed by atoms with E-state index < -0.39 is 0 Å². The molecule has 7 heteroatoms. The van der Waals surface area contributed by atoms with Crippen molar-refractivity contribution in [3.63, 3.8) is 0 Å². The Kier molecular flexibility index (Phi) is 4.65. The molecule has 4 aromatic rings. The molecule has 0 bridgehead atoms. The number of rotatable bonds is 5. The van der Waals surface area contributed by atoms with Gasteiger partial charge in [0.2, 0.25) is 5.89 Å². The highest BCUT2D eigenvalue weighted by molar-refractivity contribution is 7.98. The van der Waals surface area contributed by atoms with Gasteiger partial charge in [0.05, 0.1) is 16.3 Å². The molecule has 5 nitrogen and oxygen atoms in total. The van der Waals surface area contributed by atoms with Crippen LogP contribution in [0, 0.1) is 20.8 Å². The average Bonchev–Trinajstić information content (AvgIpc) is 3.33. The van der Waals surface area contributed by atoms with E-state index in [1.165, 1.54) is 11.1 Å².